The zero-order valence-corrected chi connectivity index (χ0v) is 29.6. The van der Waals surface area contributed by atoms with Gasteiger partial charge < -0.3 is 15.0 Å². The molecule has 0 unspecified atom stereocenters. The molecule has 2 amide bonds. The third-order valence-corrected chi connectivity index (χ3v) is 9.98. The molecule has 5 aromatic rings. The van der Waals surface area contributed by atoms with Crippen LogP contribution in [0.3, 0.4) is 0 Å². The summed E-state index contributed by atoms with van der Waals surface area (Å²) in [6.07, 6.45) is 0.223. The van der Waals surface area contributed by atoms with Crippen molar-refractivity contribution in [2.75, 3.05) is 17.4 Å². The maximum Gasteiger partial charge on any atom is 0.264 e. The lowest BCUT2D eigenvalue weighted by Crippen LogP contribution is -2.53. The topological polar surface area (TPSA) is 96.0 Å². The van der Waals surface area contributed by atoms with Gasteiger partial charge in [-0.2, -0.15) is 0 Å². The predicted molar refractivity (Wildman–Crippen MR) is 198 cm³/mol. The van der Waals surface area contributed by atoms with Crippen molar-refractivity contribution in [1.82, 2.24) is 10.2 Å². The highest BCUT2D eigenvalue weighted by Gasteiger charge is 2.34. The van der Waals surface area contributed by atoms with E-state index in [0.29, 0.717) is 23.1 Å². The second-order valence-electron chi connectivity index (χ2n) is 12.2. The van der Waals surface area contributed by atoms with E-state index >= 15 is 0 Å². The van der Waals surface area contributed by atoms with Crippen molar-refractivity contribution < 1.29 is 22.7 Å². The number of carbonyl (C=O) groups excluding carboxylic acids is 2. The van der Waals surface area contributed by atoms with Crippen LogP contribution in [0.25, 0.3) is 0 Å². The highest BCUT2D eigenvalue weighted by Crippen LogP contribution is 2.29. The van der Waals surface area contributed by atoms with E-state index in [2.05, 4.69) is 5.32 Å². The fourth-order valence-electron chi connectivity index (χ4n) is 5.32. The Kier molecular flexibility index (Phi) is 12.3. The van der Waals surface area contributed by atoms with Crippen LogP contribution in [0, 0.1) is 5.92 Å². The minimum absolute atomic E-state index is 0.0252. The van der Waals surface area contributed by atoms with Gasteiger partial charge in [0.25, 0.3) is 10.0 Å². The van der Waals surface area contributed by atoms with Crippen LogP contribution in [0.5, 0.6) is 11.5 Å². The SMILES string of the molecule is CC(C)CNC(=O)[C@H](Cc1ccccc1)N(Cc1ccc(Cl)cc1)C(=O)CN(c1ccc(Oc2ccccc2)cc1)S(=O)(=O)c1ccccc1. The molecule has 258 valence electrons. The molecule has 0 saturated heterocycles. The molecule has 0 aliphatic carbocycles. The van der Waals surface area contributed by atoms with Crippen molar-refractivity contribution >= 4 is 39.1 Å². The summed E-state index contributed by atoms with van der Waals surface area (Å²) in [6.45, 7) is 3.88. The third kappa shape index (κ3) is 9.74. The van der Waals surface area contributed by atoms with Gasteiger partial charge in [-0.15, -0.1) is 0 Å². The third-order valence-electron chi connectivity index (χ3n) is 7.94. The van der Waals surface area contributed by atoms with E-state index in [1.165, 1.54) is 17.0 Å². The average molecular weight is 710 g/mol. The summed E-state index contributed by atoms with van der Waals surface area (Å²) < 4.78 is 35.5. The molecule has 1 atom stereocenters. The first-order valence-corrected chi connectivity index (χ1v) is 18.2. The number of para-hydroxylation sites is 1. The molecule has 0 bridgehead atoms. The fraction of sp³-hybridized carbons (Fsp3) is 0.200. The van der Waals surface area contributed by atoms with E-state index < -0.39 is 28.5 Å². The summed E-state index contributed by atoms with van der Waals surface area (Å²) in [4.78, 5) is 30.1. The highest BCUT2D eigenvalue weighted by atomic mass is 35.5. The zero-order valence-electron chi connectivity index (χ0n) is 28.0. The Hall–Kier alpha value is -5.12. The van der Waals surface area contributed by atoms with Crippen molar-refractivity contribution in [2.24, 2.45) is 5.92 Å². The van der Waals surface area contributed by atoms with Gasteiger partial charge in [0.2, 0.25) is 11.8 Å². The van der Waals surface area contributed by atoms with Gasteiger partial charge >= 0.3 is 0 Å². The van der Waals surface area contributed by atoms with Crippen molar-refractivity contribution in [2.45, 2.75) is 37.8 Å². The number of sulfonamides is 1. The van der Waals surface area contributed by atoms with E-state index in [0.717, 1.165) is 15.4 Å². The number of amides is 2. The molecular formula is C40H40ClN3O5S. The largest absolute Gasteiger partial charge is 0.457 e. The number of anilines is 1. The van der Waals surface area contributed by atoms with Gasteiger partial charge in [-0.1, -0.05) is 104 Å². The van der Waals surface area contributed by atoms with E-state index in [1.807, 2.05) is 74.5 Å². The second kappa shape index (κ2) is 17.0. The first-order valence-electron chi connectivity index (χ1n) is 16.4. The minimum atomic E-state index is -4.23. The number of carbonyl (C=O) groups is 2. The van der Waals surface area contributed by atoms with E-state index in [-0.39, 0.29) is 35.4 Å². The van der Waals surface area contributed by atoms with Crippen molar-refractivity contribution in [1.29, 1.82) is 0 Å². The Balaban J connectivity index is 1.54. The molecule has 0 spiro atoms. The van der Waals surface area contributed by atoms with Gasteiger partial charge in [-0.25, -0.2) is 8.42 Å². The summed E-state index contributed by atoms with van der Waals surface area (Å²) >= 11 is 6.18. The van der Waals surface area contributed by atoms with Crippen LogP contribution in [0.2, 0.25) is 5.02 Å². The lowest BCUT2D eigenvalue weighted by Gasteiger charge is -2.34. The minimum Gasteiger partial charge on any atom is -0.457 e. The van der Waals surface area contributed by atoms with E-state index in [1.54, 1.807) is 66.7 Å². The summed E-state index contributed by atoms with van der Waals surface area (Å²) in [5.41, 5.74) is 1.85. The number of benzene rings is 5. The molecule has 0 aliphatic rings. The summed E-state index contributed by atoms with van der Waals surface area (Å²) in [7, 11) is -4.23. The van der Waals surface area contributed by atoms with Crippen LogP contribution >= 0.6 is 11.6 Å². The second-order valence-corrected chi connectivity index (χ2v) is 14.5. The van der Waals surface area contributed by atoms with Crippen molar-refractivity contribution in [3.05, 3.63) is 156 Å². The smallest absolute Gasteiger partial charge is 0.264 e. The molecule has 0 aromatic heterocycles. The molecule has 0 fully saturated rings. The normalized spacial score (nSPS) is 11.8. The van der Waals surface area contributed by atoms with Crippen LogP contribution in [0.15, 0.2) is 144 Å². The average Bonchev–Trinajstić information content (AvgIpc) is 3.13. The number of hydrogen-bond donors (Lipinski definition) is 1. The number of nitrogens with one attached hydrogen (secondary N) is 1. The Bertz CT molecular complexity index is 1940. The molecule has 10 heteroatoms. The highest BCUT2D eigenvalue weighted by molar-refractivity contribution is 7.92. The Morgan fingerprint density at radius 1 is 0.720 bits per heavy atom. The maximum atomic E-state index is 14.6. The lowest BCUT2D eigenvalue weighted by molar-refractivity contribution is -0.140. The van der Waals surface area contributed by atoms with E-state index in [4.69, 9.17) is 16.3 Å². The van der Waals surface area contributed by atoms with Gasteiger partial charge in [0, 0.05) is 24.5 Å². The Morgan fingerprint density at radius 2 is 1.28 bits per heavy atom. The van der Waals surface area contributed by atoms with Crippen LogP contribution < -0.4 is 14.4 Å². The maximum absolute atomic E-state index is 14.6. The molecule has 1 N–H and O–H groups in total. The molecule has 0 heterocycles. The molecule has 5 aromatic carbocycles. The molecule has 0 aliphatic heterocycles. The van der Waals surface area contributed by atoms with Crippen molar-refractivity contribution in [3.8, 4) is 11.5 Å². The van der Waals surface area contributed by atoms with Crippen molar-refractivity contribution in [3.63, 3.8) is 0 Å². The Morgan fingerprint density at radius 3 is 1.88 bits per heavy atom. The predicted octanol–water partition coefficient (Wildman–Crippen LogP) is 7.74. The molecule has 8 nitrogen and oxygen atoms in total. The number of ether oxygens (including phenoxy) is 1. The summed E-state index contributed by atoms with van der Waals surface area (Å²) in [5.74, 6) is 0.422. The quantitative estimate of drug-likeness (QED) is 0.120. The van der Waals surface area contributed by atoms with Crippen LogP contribution in [0.1, 0.15) is 25.0 Å². The molecule has 50 heavy (non-hydrogen) atoms. The summed E-state index contributed by atoms with van der Waals surface area (Å²) in [6, 6.07) is 39.2. The molecule has 0 radical (unpaired) electrons. The fourth-order valence-corrected chi connectivity index (χ4v) is 6.88. The van der Waals surface area contributed by atoms with Crippen LogP contribution in [0.4, 0.5) is 5.69 Å². The van der Waals surface area contributed by atoms with Gasteiger partial charge in [0.1, 0.15) is 24.1 Å². The first-order chi connectivity index (χ1) is 24.1. The van der Waals surface area contributed by atoms with Crippen LogP contribution in [-0.2, 0) is 32.6 Å². The van der Waals surface area contributed by atoms with Crippen LogP contribution in [-0.4, -0.2) is 44.3 Å². The number of nitrogens with zero attached hydrogens (tertiary/aromatic N) is 2. The molecule has 0 saturated carbocycles. The standard InChI is InChI=1S/C40H40ClN3O5S/c1-30(2)27-42-40(46)38(26-31-12-6-3-7-13-31)43(28-32-18-20-33(41)21-19-32)39(45)29-44(50(47,48)37-16-10-5-11-17-37)34-22-24-36(25-23-34)49-35-14-8-4-9-15-35/h3-25,30,38H,26-29H2,1-2H3,(H,42,46)/t38-/m0/s1. The lowest BCUT2D eigenvalue weighted by atomic mass is 10.0. The zero-order chi connectivity index (χ0) is 35.5. The van der Waals surface area contributed by atoms with Gasteiger partial charge in [-0.3, -0.25) is 13.9 Å². The monoisotopic (exact) mass is 709 g/mol. The molecular weight excluding hydrogens is 670 g/mol. The van der Waals surface area contributed by atoms with Gasteiger partial charge in [0.05, 0.1) is 10.6 Å². The van der Waals surface area contributed by atoms with Gasteiger partial charge in [-0.05, 0) is 77.7 Å². The van der Waals surface area contributed by atoms with Gasteiger partial charge in [0.15, 0.2) is 0 Å². The number of halogens is 1. The first kappa shape index (κ1) is 36.2. The van der Waals surface area contributed by atoms with E-state index in [9.17, 15) is 18.0 Å². The number of hydrogen-bond acceptors (Lipinski definition) is 5. The number of rotatable bonds is 15. The summed E-state index contributed by atoms with van der Waals surface area (Å²) in [5, 5.41) is 3.53. The Labute approximate surface area is 299 Å². The molecule has 5 rings (SSSR count).